The summed E-state index contributed by atoms with van der Waals surface area (Å²) in [6.45, 7) is 0.211. The summed E-state index contributed by atoms with van der Waals surface area (Å²) in [4.78, 5) is 33.9. The number of ketones is 1. The molecule has 3 aromatic rings. The molecule has 0 amide bonds. The van der Waals surface area contributed by atoms with E-state index in [4.69, 9.17) is 9.84 Å². The van der Waals surface area contributed by atoms with Gasteiger partial charge >= 0.3 is 5.97 Å². The lowest BCUT2D eigenvalue weighted by molar-refractivity contribution is -0.384. The molecule has 0 aliphatic carbocycles. The van der Waals surface area contributed by atoms with Crippen LogP contribution in [0.3, 0.4) is 0 Å². The van der Waals surface area contributed by atoms with Gasteiger partial charge in [0.25, 0.3) is 5.69 Å². The molecule has 0 radical (unpaired) electrons. The maximum Gasteiger partial charge on any atom is 0.335 e. The largest absolute Gasteiger partial charge is 0.488 e. The van der Waals surface area contributed by atoms with Crippen molar-refractivity contribution in [2.45, 2.75) is 6.61 Å². The van der Waals surface area contributed by atoms with E-state index in [9.17, 15) is 25.0 Å². The van der Waals surface area contributed by atoms with Crippen molar-refractivity contribution < 1.29 is 24.4 Å². The molecule has 0 atom stereocenters. The molecule has 33 heavy (non-hydrogen) atoms. The number of carbonyl (C=O) groups is 2. The van der Waals surface area contributed by atoms with Crippen LogP contribution in [0, 0.1) is 21.4 Å². The van der Waals surface area contributed by atoms with Crippen LogP contribution < -0.4 is 4.74 Å². The molecule has 8 nitrogen and oxygen atoms in total. The average Bonchev–Trinajstić information content (AvgIpc) is 2.81. The number of aromatic carboxylic acids is 1. The van der Waals surface area contributed by atoms with E-state index in [0.29, 0.717) is 15.8 Å². The normalized spacial score (nSPS) is 10.8. The minimum Gasteiger partial charge on any atom is -0.488 e. The van der Waals surface area contributed by atoms with E-state index in [1.165, 1.54) is 36.4 Å². The first-order chi connectivity index (χ1) is 15.8. The number of ether oxygens (including phenoxy) is 1. The molecule has 0 bridgehead atoms. The van der Waals surface area contributed by atoms with Crippen molar-refractivity contribution in [3.63, 3.8) is 0 Å². The van der Waals surface area contributed by atoms with Crippen LogP contribution >= 0.6 is 15.9 Å². The lowest BCUT2D eigenvalue weighted by Gasteiger charge is -2.09. The fraction of sp³-hybridized carbons (Fsp3) is 0.0417. The fourth-order valence-electron chi connectivity index (χ4n) is 2.86. The van der Waals surface area contributed by atoms with Crippen LogP contribution in [-0.4, -0.2) is 21.8 Å². The highest BCUT2D eigenvalue weighted by molar-refractivity contribution is 9.10. The van der Waals surface area contributed by atoms with Crippen LogP contribution in [-0.2, 0) is 6.61 Å². The topological polar surface area (TPSA) is 131 Å². The second-order valence-corrected chi connectivity index (χ2v) is 7.64. The highest BCUT2D eigenvalue weighted by Crippen LogP contribution is 2.28. The van der Waals surface area contributed by atoms with E-state index in [-0.39, 0.29) is 29.0 Å². The molecule has 0 aliphatic rings. The average molecular weight is 507 g/mol. The van der Waals surface area contributed by atoms with Gasteiger partial charge in [-0.2, -0.15) is 5.26 Å². The number of allylic oxidation sites excluding steroid dienone is 1. The Morgan fingerprint density at radius 1 is 1.09 bits per heavy atom. The van der Waals surface area contributed by atoms with Crippen molar-refractivity contribution in [3.05, 3.63) is 109 Å². The first-order valence-electron chi connectivity index (χ1n) is 9.44. The predicted octanol–water partition coefficient (Wildman–Crippen LogP) is 5.42. The van der Waals surface area contributed by atoms with Crippen molar-refractivity contribution >= 4 is 39.4 Å². The molecule has 0 heterocycles. The van der Waals surface area contributed by atoms with Gasteiger partial charge in [-0.3, -0.25) is 14.9 Å². The Hall–Kier alpha value is -4.29. The van der Waals surface area contributed by atoms with E-state index in [0.717, 1.165) is 11.6 Å². The first-order valence-corrected chi connectivity index (χ1v) is 10.2. The maximum absolute atomic E-state index is 12.6. The highest BCUT2D eigenvalue weighted by atomic mass is 79.9. The number of hydrogen-bond donors (Lipinski definition) is 1. The van der Waals surface area contributed by atoms with Gasteiger partial charge in [-0.1, -0.05) is 30.3 Å². The molecule has 1 N–H and O–H groups in total. The Morgan fingerprint density at radius 2 is 1.82 bits per heavy atom. The van der Waals surface area contributed by atoms with Crippen LogP contribution in [0.25, 0.3) is 6.08 Å². The van der Waals surface area contributed by atoms with Crippen LogP contribution in [0.5, 0.6) is 5.75 Å². The minimum atomic E-state index is -1.01. The monoisotopic (exact) mass is 506 g/mol. The van der Waals surface area contributed by atoms with E-state index in [2.05, 4.69) is 15.9 Å². The third-order valence-corrected chi connectivity index (χ3v) is 5.17. The summed E-state index contributed by atoms with van der Waals surface area (Å²) < 4.78 is 6.33. The van der Waals surface area contributed by atoms with Crippen LogP contribution in [0.4, 0.5) is 5.69 Å². The number of carboxylic acid groups (broad SMARTS) is 1. The number of halogens is 1. The highest BCUT2D eigenvalue weighted by Gasteiger charge is 2.16. The number of non-ortho nitro benzene ring substituents is 1. The molecular formula is C24H15BrN2O6. The van der Waals surface area contributed by atoms with Crippen LogP contribution in [0.2, 0.25) is 0 Å². The Bertz CT molecular complexity index is 1310. The van der Waals surface area contributed by atoms with Crippen molar-refractivity contribution in [2.75, 3.05) is 0 Å². The Kier molecular flexibility index (Phi) is 7.33. The van der Waals surface area contributed by atoms with Gasteiger partial charge in [0.1, 0.15) is 24.0 Å². The van der Waals surface area contributed by atoms with Gasteiger partial charge in [0.15, 0.2) is 0 Å². The molecule has 9 heteroatoms. The number of rotatable bonds is 8. The Morgan fingerprint density at radius 3 is 2.42 bits per heavy atom. The zero-order chi connectivity index (χ0) is 24.0. The van der Waals surface area contributed by atoms with Gasteiger partial charge in [-0.05, 0) is 57.4 Å². The number of Topliss-reactive ketones (excluding diaryl/α,β-unsaturated/α-hetero) is 1. The fourth-order valence-corrected chi connectivity index (χ4v) is 3.37. The molecule has 0 unspecified atom stereocenters. The number of nitro groups is 1. The summed E-state index contributed by atoms with van der Waals surface area (Å²) in [5.41, 5.74) is 1.16. The number of nitriles is 1. The van der Waals surface area contributed by atoms with E-state index in [1.807, 2.05) is 6.07 Å². The zero-order valence-corrected chi connectivity index (χ0v) is 18.5. The van der Waals surface area contributed by atoms with Crippen molar-refractivity contribution in [2.24, 2.45) is 0 Å². The van der Waals surface area contributed by atoms with Crippen molar-refractivity contribution in [1.29, 1.82) is 5.26 Å². The quantitative estimate of drug-likeness (QED) is 0.142. The standard InChI is InChI=1S/C24H15BrN2O6/c25-21-11-16(6-9-22(21)33-14-15-4-7-17(8-5-15)24(29)30)10-19(13-26)23(28)18-2-1-3-20(12-18)27(31)32/h1-12H,14H2,(H,29,30). The third kappa shape index (κ3) is 5.90. The Balaban J connectivity index is 1.75. The number of nitrogens with zero attached hydrogens (tertiary/aromatic N) is 2. The second-order valence-electron chi connectivity index (χ2n) is 6.79. The molecule has 3 rings (SSSR count). The number of hydrogen-bond acceptors (Lipinski definition) is 6. The Labute approximate surface area is 196 Å². The van der Waals surface area contributed by atoms with Gasteiger partial charge in [-0.25, -0.2) is 4.79 Å². The zero-order valence-electron chi connectivity index (χ0n) is 16.9. The number of benzene rings is 3. The molecule has 0 aliphatic heterocycles. The molecule has 0 saturated carbocycles. The summed E-state index contributed by atoms with van der Waals surface area (Å²) in [5.74, 6) is -1.12. The van der Waals surface area contributed by atoms with Gasteiger partial charge in [0.05, 0.1) is 15.0 Å². The first kappa shape index (κ1) is 23.4. The number of nitro benzene ring substituents is 1. The summed E-state index contributed by atoms with van der Waals surface area (Å²) in [6.07, 6.45) is 1.39. The van der Waals surface area contributed by atoms with Gasteiger partial charge in [-0.15, -0.1) is 0 Å². The van der Waals surface area contributed by atoms with Crippen LogP contribution in [0.1, 0.15) is 31.8 Å². The smallest absolute Gasteiger partial charge is 0.335 e. The molecule has 0 spiro atoms. The van der Waals surface area contributed by atoms with Gasteiger partial charge in [0.2, 0.25) is 5.78 Å². The predicted molar refractivity (Wildman–Crippen MR) is 123 cm³/mol. The van der Waals surface area contributed by atoms with E-state index in [1.54, 1.807) is 30.3 Å². The number of carbonyl (C=O) groups excluding carboxylic acids is 1. The molecule has 0 saturated heterocycles. The SMILES string of the molecule is N#CC(=Cc1ccc(OCc2ccc(C(=O)O)cc2)c(Br)c1)C(=O)c1cccc([N+](=O)[O-])c1. The molecular weight excluding hydrogens is 492 g/mol. The van der Waals surface area contributed by atoms with Gasteiger partial charge < -0.3 is 9.84 Å². The molecule has 164 valence electrons. The van der Waals surface area contributed by atoms with E-state index >= 15 is 0 Å². The summed E-state index contributed by atoms with van der Waals surface area (Å²) in [7, 11) is 0. The lowest BCUT2D eigenvalue weighted by atomic mass is 10.0. The van der Waals surface area contributed by atoms with Crippen LogP contribution in [0.15, 0.2) is 76.8 Å². The summed E-state index contributed by atoms with van der Waals surface area (Å²) in [6, 6.07) is 18.3. The third-order valence-electron chi connectivity index (χ3n) is 4.55. The maximum atomic E-state index is 12.6. The summed E-state index contributed by atoms with van der Waals surface area (Å²) in [5, 5.41) is 29.3. The number of carboxylic acids is 1. The molecule has 0 aromatic heterocycles. The second kappa shape index (κ2) is 10.3. The van der Waals surface area contributed by atoms with E-state index < -0.39 is 16.7 Å². The van der Waals surface area contributed by atoms with Gasteiger partial charge in [0, 0.05) is 17.7 Å². The lowest BCUT2D eigenvalue weighted by Crippen LogP contribution is -2.03. The van der Waals surface area contributed by atoms with Crippen molar-refractivity contribution in [1.82, 2.24) is 0 Å². The molecule has 3 aromatic carbocycles. The van der Waals surface area contributed by atoms with Crippen molar-refractivity contribution in [3.8, 4) is 11.8 Å². The minimum absolute atomic E-state index is 0.0462. The molecule has 0 fully saturated rings. The summed E-state index contributed by atoms with van der Waals surface area (Å²) >= 11 is 3.40.